The van der Waals surface area contributed by atoms with Crippen molar-refractivity contribution >= 4 is 6.03 Å². The molecule has 0 saturated carbocycles. The second-order valence-corrected chi connectivity index (χ2v) is 6.31. The van der Waals surface area contributed by atoms with Crippen LogP contribution in [-0.2, 0) is 11.2 Å². The van der Waals surface area contributed by atoms with E-state index in [2.05, 4.69) is 20.2 Å². The highest BCUT2D eigenvalue weighted by atomic mass is 16.5. The third-order valence-corrected chi connectivity index (χ3v) is 4.69. The molecule has 2 fully saturated rings. The largest absolute Gasteiger partial charge is 0.379 e. The van der Waals surface area contributed by atoms with Gasteiger partial charge in [-0.25, -0.2) is 9.78 Å². The van der Waals surface area contributed by atoms with Gasteiger partial charge in [0.25, 0.3) is 0 Å². The number of hydrogen-bond acceptors (Lipinski definition) is 4. The first-order valence-electron chi connectivity index (χ1n) is 8.65. The van der Waals surface area contributed by atoms with Crippen molar-refractivity contribution in [2.45, 2.75) is 31.7 Å². The summed E-state index contributed by atoms with van der Waals surface area (Å²) >= 11 is 0. The van der Waals surface area contributed by atoms with Crippen LogP contribution in [0, 0.1) is 0 Å². The molecule has 2 saturated heterocycles. The Kier molecular flexibility index (Phi) is 5.87. The Hall–Kier alpha value is -1.60. The minimum absolute atomic E-state index is 0.0717. The number of nitrogens with one attached hydrogen (secondary N) is 2. The Morgan fingerprint density at radius 2 is 2.22 bits per heavy atom. The van der Waals surface area contributed by atoms with Crippen LogP contribution in [-0.4, -0.2) is 77.8 Å². The van der Waals surface area contributed by atoms with Crippen LogP contribution in [0.25, 0.3) is 0 Å². The minimum atomic E-state index is 0.0717. The van der Waals surface area contributed by atoms with Gasteiger partial charge in [0.2, 0.25) is 0 Å². The number of amides is 2. The van der Waals surface area contributed by atoms with E-state index in [0.717, 1.165) is 64.3 Å². The molecule has 3 rings (SSSR count). The van der Waals surface area contributed by atoms with Crippen molar-refractivity contribution in [2.24, 2.45) is 0 Å². The van der Waals surface area contributed by atoms with Gasteiger partial charge in [-0.15, -0.1) is 0 Å². The van der Waals surface area contributed by atoms with Crippen LogP contribution in [0.3, 0.4) is 0 Å². The standard InChI is InChI=1S/C16H27N5O2/c22-16(18-5-4-14-11-17-13-19-14)21-6-2-1-3-15(21)12-20-7-9-23-10-8-20/h11,13,15H,1-10,12H2,(H,17,19)(H,18,22)/t15-/m1/s1. The van der Waals surface area contributed by atoms with Crippen LogP contribution >= 0.6 is 0 Å². The molecule has 2 aliphatic rings. The number of carbonyl (C=O) groups excluding carboxylic acids is 1. The number of carbonyl (C=O) groups is 1. The van der Waals surface area contributed by atoms with Gasteiger partial charge in [-0.3, -0.25) is 4.90 Å². The molecule has 0 radical (unpaired) electrons. The van der Waals surface area contributed by atoms with Crippen molar-refractivity contribution < 1.29 is 9.53 Å². The first kappa shape index (κ1) is 16.3. The second-order valence-electron chi connectivity index (χ2n) is 6.31. The molecular formula is C16H27N5O2. The van der Waals surface area contributed by atoms with Gasteiger partial charge in [0, 0.05) is 57.1 Å². The summed E-state index contributed by atoms with van der Waals surface area (Å²) in [6.45, 7) is 6.05. The summed E-state index contributed by atoms with van der Waals surface area (Å²) < 4.78 is 5.41. The summed E-state index contributed by atoms with van der Waals surface area (Å²) in [5, 5.41) is 3.05. The molecule has 0 bridgehead atoms. The number of aromatic nitrogens is 2. The number of aromatic amines is 1. The summed E-state index contributed by atoms with van der Waals surface area (Å²) in [6.07, 6.45) is 7.67. The van der Waals surface area contributed by atoms with Crippen LogP contribution in [0.2, 0.25) is 0 Å². The Bertz CT molecular complexity index is 473. The first-order chi connectivity index (χ1) is 11.3. The molecule has 2 aliphatic heterocycles. The van der Waals surface area contributed by atoms with E-state index in [9.17, 15) is 4.79 Å². The van der Waals surface area contributed by atoms with E-state index >= 15 is 0 Å². The number of rotatable bonds is 5. The molecule has 128 valence electrons. The molecule has 1 aromatic heterocycles. The molecular weight excluding hydrogens is 294 g/mol. The summed E-state index contributed by atoms with van der Waals surface area (Å²) in [5.41, 5.74) is 1.05. The van der Waals surface area contributed by atoms with Gasteiger partial charge in [-0.2, -0.15) is 0 Å². The number of piperidine rings is 1. The number of imidazole rings is 1. The van der Waals surface area contributed by atoms with E-state index in [-0.39, 0.29) is 6.03 Å². The number of hydrogen-bond donors (Lipinski definition) is 2. The van der Waals surface area contributed by atoms with E-state index in [1.54, 1.807) is 12.5 Å². The molecule has 0 spiro atoms. The smallest absolute Gasteiger partial charge is 0.317 e. The predicted molar refractivity (Wildman–Crippen MR) is 87.3 cm³/mol. The lowest BCUT2D eigenvalue weighted by atomic mass is 10.0. The van der Waals surface area contributed by atoms with Crippen molar-refractivity contribution in [1.29, 1.82) is 0 Å². The number of H-pyrrole nitrogens is 1. The highest BCUT2D eigenvalue weighted by molar-refractivity contribution is 5.74. The van der Waals surface area contributed by atoms with Gasteiger partial charge in [-0.05, 0) is 19.3 Å². The van der Waals surface area contributed by atoms with Crippen molar-refractivity contribution in [2.75, 3.05) is 45.9 Å². The lowest BCUT2D eigenvalue weighted by molar-refractivity contribution is 0.0221. The van der Waals surface area contributed by atoms with Crippen LogP contribution < -0.4 is 5.32 Å². The Morgan fingerprint density at radius 3 is 3.00 bits per heavy atom. The van der Waals surface area contributed by atoms with Gasteiger partial charge in [-0.1, -0.05) is 0 Å². The van der Waals surface area contributed by atoms with Gasteiger partial charge in [0.05, 0.1) is 19.5 Å². The maximum absolute atomic E-state index is 12.5. The number of morpholine rings is 1. The zero-order valence-corrected chi connectivity index (χ0v) is 13.7. The van der Waals surface area contributed by atoms with Crippen molar-refractivity contribution in [3.63, 3.8) is 0 Å². The fraction of sp³-hybridized carbons (Fsp3) is 0.750. The zero-order valence-electron chi connectivity index (χ0n) is 13.7. The van der Waals surface area contributed by atoms with Gasteiger partial charge < -0.3 is 19.9 Å². The molecule has 1 aromatic rings. The second kappa shape index (κ2) is 8.31. The van der Waals surface area contributed by atoms with Gasteiger partial charge in [0.1, 0.15) is 0 Å². The fourth-order valence-corrected chi connectivity index (χ4v) is 3.37. The third-order valence-electron chi connectivity index (χ3n) is 4.69. The molecule has 0 unspecified atom stereocenters. The normalized spacial score (nSPS) is 23.0. The van der Waals surface area contributed by atoms with Gasteiger partial charge >= 0.3 is 6.03 Å². The summed E-state index contributed by atoms with van der Waals surface area (Å²) in [5.74, 6) is 0. The molecule has 1 atom stereocenters. The molecule has 7 heteroatoms. The molecule has 0 aromatic carbocycles. The molecule has 23 heavy (non-hydrogen) atoms. The average molecular weight is 321 g/mol. The van der Waals surface area contributed by atoms with E-state index in [1.165, 1.54) is 6.42 Å². The van der Waals surface area contributed by atoms with E-state index < -0.39 is 0 Å². The summed E-state index contributed by atoms with van der Waals surface area (Å²) in [7, 11) is 0. The van der Waals surface area contributed by atoms with Crippen LogP contribution in [0.15, 0.2) is 12.5 Å². The minimum Gasteiger partial charge on any atom is -0.379 e. The number of ether oxygens (including phenoxy) is 1. The van der Waals surface area contributed by atoms with Crippen molar-refractivity contribution in [3.05, 3.63) is 18.2 Å². The Morgan fingerprint density at radius 1 is 1.35 bits per heavy atom. The fourth-order valence-electron chi connectivity index (χ4n) is 3.37. The number of urea groups is 1. The lowest BCUT2D eigenvalue weighted by Gasteiger charge is -2.39. The Labute approximate surface area is 137 Å². The molecule has 2 N–H and O–H groups in total. The molecule has 7 nitrogen and oxygen atoms in total. The van der Waals surface area contributed by atoms with E-state index in [4.69, 9.17) is 4.74 Å². The van der Waals surface area contributed by atoms with Crippen molar-refractivity contribution in [3.8, 4) is 0 Å². The predicted octanol–water partition coefficient (Wildman–Crippen LogP) is 0.849. The van der Waals surface area contributed by atoms with Crippen LogP contribution in [0.1, 0.15) is 25.0 Å². The molecule has 3 heterocycles. The van der Waals surface area contributed by atoms with E-state index in [0.29, 0.717) is 12.6 Å². The number of likely N-dealkylation sites (tertiary alicyclic amines) is 1. The summed E-state index contributed by atoms with van der Waals surface area (Å²) in [6, 6.07) is 0.400. The highest BCUT2D eigenvalue weighted by Crippen LogP contribution is 2.18. The average Bonchev–Trinajstić information content (AvgIpc) is 3.09. The quantitative estimate of drug-likeness (QED) is 0.843. The maximum Gasteiger partial charge on any atom is 0.317 e. The number of nitrogens with zero attached hydrogens (tertiary/aromatic N) is 3. The molecule has 2 amide bonds. The topological polar surface area (TPSA) is 73.5 Å². The highest BCUT2D eigenvalue weighted by Gasteiger charge is 2.28. The maximum atomic E-state index is 12.5. The lowest BCUT2D eigenvalue weighted by Crippen LogP contribution is -2.54. The Balaban J connectivity index is 1.47. The van der Waals surface area contributed by atoms with Crippen LogP contribution in [0.4, 0.5) is 4.79 Å². The zero-order chi connectivity index (χ0) is 15.9. The summed E-state index contributed by atoms with van der Waals surface area (Å²) in [4.78, 5) is 24.0. The van der Waals surface area contributed by atoms with Gasteiger partial charge in [0.15, 0.2) is 0 Å². The van der Waals surface area contributed by atoms with E-state index in [1.807, 2.05) is 4.90 Å². The molecule has 0 aliphatic carbocycles. The SMILES string of the molecule is O=C(NCCc1cnc[nH]1)N1CCCC[C@@H]1CN1CCOCC1. The van der Waals surface area contributed by atoms with Crippen molar-refractivity contribution in [1.82, 2.24) is 25.1 Å². The third kappa shape index (κ3) is 4.68. The first-order valence-corrected chi connectivity index (χ1v) is 8.65. The monoisotopic (exact) mass is 321 g/mol. The van der Waals surface area contributed by atoms with Crippen LogP contribution in [0.5, 0.6) is 0 Å².